The van der Waals surface area contributed by atoms with E-state index in [4.69, 9.17) is 0 Å². The molecule has 2 heterocycles. The van der Waals surface area contributed by atoms with Crippen molar-refractivity contribution in [1.82, 2.24) is 20.3 Å². The number of benzene rings is 1. The van der Waals surface area contributed by atoms with Crippen LogP contribution in [0.1, 0.15) is 25.0 Å². The topological polar surface area (TPSA) is 103 Å². The molecule has 0 bridgehead atoms. The molecule has 2 aromatic heterocycles. The fraction of sp³-hybridized carbons (Fsp3) is 0.316. The Bertz CT molecular complexity index is 873. The third-order valence-corrected chi connectivity index (χ3v) is 4.07. The van der Waals surface area contributed by atoms with Gasteiger partial charge in [0.25, 0.3) is 0 Å². The third-order valence-electron chi connectivity index (χ3n) is 4.07. The lowest BCUT2D eigenvalue weighted by Crippen LogP contribution is -2.38. The Hall–Kier alpha value is -2.93. The Morgan fingerprint density at radius 3 is 2.65 bits per heavy atom. The van der Waals surface area contributed by atoms with E-state index in [0.29, 0.717) is 18.9 Å². The fourth-order valence-electron chi connectivity index (χ4n) is 2.79. The zero-order valence-corrected chi connectivity index (χ0v) is 14.9. The molecule has 7 nitrogen and oxygen atoms in total. The predicted octanol–water partition coefficient (Wildman–Crippen LogP) is 2.56. The van der Waals surface area contributed by atoms with Gasteiger partial charge in [0.2, 0.25) is 5.95 Å². The molecule has 4 N–H and O–H groups in total. The standard InChI is InChI=1S/C19H23N5O2/c1-12(2)24-19-22-9-13(10-23-19)8-20-17(18(25)26)7-14-11-21-16-6-4-3-5-15(14)16/h3-6,9-12,17,20-21H,7-8H2,1-2H3,(H,25,26)(H,22,23,24)/t17-/m0/s1. The van der Waals surface area contributed by atoms with Gasteiger partial charge in [-0.25, -0.2) is 9.97 Å². The minimum Gasteiger partial charge on any atom is -0.480 e. The van der Waals surface area contributed by atoms with Crippen LogP contribution in [0.3, 0.4) is 0 Å². The number of carboxylic acid groups (broad SMARTS) is 1. The number of carbonyl (C=O) groups is 1. The number of anilines is 1. The molecule has 1 atom stereocenters. The smallest absolute Gasteiger partial charge is 0.321 e. The van der Waals surface area contributed by atoms with E-state index in [1.807, 2.05) is 44.3 Å². The number of para-hydroxylation sites is 1. The minimum absolute atomic E-state index is 0.256. The summed E-state index contributed by atoms with van der Waals surface area (Å²) in [5.41, 5.74) is 2.82. The van der Waals surface area contributed by atoms with E-state index in [9.17, 15) is 9.90 Å². The number of rotatable bonds is 8. The van der Waals surface area contributed by atoms with Crippen molar-refractivity contribution in [1.29, 1.82) is 0 Å². The number of aromatic nitrogens is 3. The summed E-state index contributed by atoms with van der Waals surface area (Å²) in [6.45, 7) is 4.42. The van der Waals surface area contributed by atoms with Crippen molar-refractivity contribution >= 4 is 22.8 Å². The molecule has 136 valence electrons. The zero-order chi connectivity index (χ0) is 18.5. The van der Waals surface area contributed by atoms with Gasteiger partial charge in [0.1, 0.15) is 6.04 Å². The Morgan fingerprint density at radius 1 is 1.23 bits per heavy atom. The van der Waals surface area contributed by atoms with Gasteiger partial charge in [-0.1, -0.05) is 18.2 Å². The van der Waals surface area contributed by atoms with Gasteiger partial charge in [-0.15, -0.1) is 0 Å². The monoisotopic (exact) mass is 353 g/mol. The van der Waals surface area contributed by atoms with Crippen molar-refractivity contribution in [2.75, 3.05) is 5.32 Å². The second-order valence-corrected chi connectivity index (χ2v) is 6.55. The van der Waals surface area contributed by atoms with Crippen LogP contribution in [-0.4, -0.2) is 38.1 Å². The van der Waals surface area contributed by atoms with Crippen molar-refractivity contribution in [2.24, 2.45) is 0 Å². The summed E-state index contributed by atoms with van der Waals surface area (Å²) in [4.78, 5) is 23.3. The molecule has 7 heteroatoms. The van der Waals surface area contributed by atoms with Crippen molar-refractivity contribution < 1.29 is 9.90 Å². The van der Waals surface area contributed by atoms with Crippen LogP contribution in [-0.2, 0) is 17.8 Å². The first kappa shape index (κ1) is 17.9. The maximum Gasteiger partial charge on any atom is 0.321 e. The van der Waals surface area contributed by atoms with E-state index < -0.39 is 12.0 Å². The molecule has 0 saturated heterocycles. The number of nitrogens with zero attached hydrogens (tertiary/aromatic N) is 2. The molecule has 0 aliphatic carbocycles. The maximum atomic E-state index is 11.6. The van der Waals surface area contributed by atoms with Gasteiger partial charge in [0, 0.05) is 54.1 Å². The molecule has 0 fully saturated rings. The average Bonchev–Trinajstić information content (AvgIpc) is 3.02. The summed E-state index contributed by atoms with van der Waals surface area (Å²) in [6, 6.07) is 7.44. The van der Waals surface area contributed by atoms with E-state index in [0.717, 1.165) is 22.0 Å². The van der Waals surface area contributed by atoms with E-state index >= 15 is 0 Å². The molecule has 3 aromatic rings. The van der Waals surface area contributed by atoms with Gasteiger partial charge in [-0.2, -0.15) is 0 Å². The molecule has 0 aliphatic heterocycles. The summed E-state index contributed by atoms with van der Waals surface area (Å²) in [7, 11) is 0. The number of fused-ring (bicyclic) bond motifs is 1. The average molecular weight is 353 g/mol. The molecule has 1 aromatic carbocycles. The summed E-state index contributed by atoms with van der Waals surface area (Å²) in [5.74, 6) is -0.313. The van der Waals surface area contributed by atoms with Crippen molar-refractivity contribution in [3.8, 4) is 0 Å². The molecule has 0 aliphatic rings. The molecule has 0 amide bonds. The largest absolute Gasteiger partial charge is 0.480 e. The van der Waals surface area contributed by atoms with Gasteiger partial charge in [-0.05, 0) is 25.5 Å². The molecule has 3 rings (SSSR count). The number of H-pyrrole nitrogens is 1. The van der Waals surface area contributed by atoms with Gasteiger partial charge in [-0.3, -0.25) is 10.1 Å². The van der Waals surface area contributed by atoms with Crippen LogP contribution >= 0.6 is 0 Å². The molecule has 26 heavy (non-hydrogen) atoms. The van der Waals surface area contributed by atoms with Crippen molar-refractivity contribution in [3.05, 3.63) is 54.0 Å². The van der Waals surface area contributed by atoms with Gasteiger partial charge < -0.3 is 15.4 Å². The van der Waals surface area contributed by atoms with E-state index in [-0.39, 0.29) is 6.04 Å². The van der Waals surface area contributed by atoms with Gasteiger partial charge >= 0.3 is 5.97 Å². The highest BCUT2D eigenvalue weighted by atomic mass is 16.4. The number of hydrogen-bond donors (Lipinski definition) is 4. The van der Waals surface area contributed by atoms with Crippen LogP contribution in [0.4, 0.5) is 5.95 Å². The fourth-order valence-corrected chi connectivity index (χ4v) is 2.79. The molecule has 0 unspecified atom stereocenters. The summed E-state index contributed by atoms with van der Waals surface area (Å²) in [5, 5.41) is 16.8. The Balaban J connectivity index is 1.64. The van der Waals surface area contributed by atoms with Crippen molar-refractivity contribution in [2.45, 2.75) is 38.9 Å². The van der Waals surface area contributed by atoms with E-state index in [1.54, 1.807) is 12.4 Å². The number of aromatic amines is 1. The number of nitrogens with one attached hydrogen (secondary N) is 3. The summed E-state index contributed by atoms with van der Waals surface area (Å²) >= 11 is 0. The zero-order valence-electron chi connectivity index (χ0n) is 14.9. The number of carboxylic acids is 1. The normalized spacial score (nSPS) is 12.4. The lowest BCUT2D eigenvalue weighted by molar-refractivity contribution is -0.139. The summed E-state index contributed by atoms with van der Waals surface area (Å²) < 4.78 is 0. The van der Waals surface area contributed by atoms with Crippen LogP contribution in [0.2, 0.25) is 0 Å². The first-order chi connectivity index (χ1) is 12.5. The van der Waals surface area contributed by atoms with E-state index in [2.05, 4.69) is 25.6 Å². The predicted molar refractivity (Wildman–Crippen MR) is 101 cm³/mol. The first-order valence-electron chi connectivity index (χ1n) is 8.61. The van der Waals surface area contributed by atoms with Crippen LogP contribution in [0.5, 0.6) is 0 Å². The Labute approximate surface area is 151 Å². The van der Waals surface area contributed by atoms with Crippen LogP contribution in [0.15, 0.2) is 42.9 Å². The highest BCUT2D eigenvalue weighted by molar-refractivity contribution is 5.84. The quantitative estimate of drug-likeness (QED) is 0.496. The van der Waals surface area contributed by atoms with Crippen LogP contribution < -0.4 is 10.6 Å². The molecule has 0 saturated carbocycles. The molecule has 0 radical (unpaired) electrons. The second kappa shape index (κ2) is 7.97. The lowest BCUT2D eigenvalue weighted by atomic mass is 10.0. The first-order valence-corrected chi connectivity index (χ1v) is 8.61. The maximum absolute atomic E-state index is 11.6. The van der Waals surface area contributed by atoms with Gasteiger partial charge in [0.05, 0.1) is 0 Å². The summed E-state index contributed by atoms with van der Waals surface area (Å²) in [6.07, 6.45) is 5.68. The number of hydrogen-bond acceptors (Lipinski definition) is 5. The Morgan fingerprint density at radius 2 is 1.96 bits per heavy atom. The van der Waals surface area contributed by atoms with E-state index in [1.165, 1.54) is 0 Å². The van der Waals surface area contributed by atoms with Crippen molar-refractivity contribution in [3.63, 3.8) is 0 Å². The SMILES string of the molecule is CC(C)Nc1ncc(CN[C@@H](Cc2c[nH]c3ccccc23)C(=O)O)cn1. The minimum atomic E-state index is -0.880. The highest BCUT2D eigenvalue weighted by Crippen LogP contribution is 2.19. The Kier molecular flexibility index (Phi) is 5.48. The lowest BCUT2D eigenvalue weighted by Gasteiger charge is -2.14. The van der Waals surface area contributed by atoms with Crippen LogP contribution in [0.25, 0.3) is 10.9 Å². The third kappa shape index (κ3) is 4.37. The highest BCUT2D eigenvalue weighted by Gasteiger charge is 2.19. The second-order valence-electron chi connectivity index (χ2n) is 6.55. The van der Waals surface area contributed by atoms with Gasteiger partial charge in [0.15, 0.2) is 0 Å². The number of aliphatic carboxylic acids is 1. The molecule has 0 spiro atoms. The molecular formula is C19H23N5O2. The van der Waals surface area contributed by atoms with Crippen LogP contribution in [0, 0.1) is 0 Å². The molecular weight excluding hydrogens is 330 g/mol.